The fraction of sp³-hybridized carbons (Fsp3) is 0.353. The summed E-state index contributed by atoms with van der Waals surface area (Å²) in [5, 5.41) is 0.228. The highest BCUT2D eigenvalue weighted by Gasteiger charge is 2.22. The van der Waals surface area contributed by atoms with Gasteiger partial charge in [-0.25, -0.2) is 9.97 Å². The van der Waals surface area contributed by atoms with Crippen LogP contribution in [-0.4, -0.2) is 32.4 Å². The van der Waals surface area contributed by atoms with Gasteiger partial charge in [-0.3, -0.25) is 4.57 Å². The molecule has 7 heteroatoms. The molecule has 0 spiro atoms. The summed E-state index contributed by atoms with van der Waals surface area (Å²) in [5.41, 5.74) is 3.28. The number of imidazole rings is 1. The molecule has 1 atom stereocenters. The monoisotopic (exact) mass is 360 g/mol. The molecular formula is C17H17ClN4OS. The molecule has 1 unspecified atom stereocenters. The van der Waals surface area contributed by atoms with Crippen molar-refractivity contribution in [3.8, 4) is 11.3 Å². The van der Waals surface area contributed by atoms with Gasteiger partial charge in [-0.15, -0.1) is 11.8 Å². The van der Waals surface area contributed by atoms with Gasteiger partial charge in [0.1, 0.15) is 17.4 Å². The van der Waals surface area contributed by atoms with Crippen molar-refractivity contribution in [1.82, 2.24) is 19.5 Å². The second-order valence-electron chi connectivity index (χ2n) is 5.69. The third-order valence-electron chi connectivity index (χ3n) is 4.22. The van der Waals surface area contributed by atoms with E-state index >= 15 is 0 Å². The molecule has 2 aromatic heterocycles. The highest BCUT2D eigenvalue weighted by atomic mass is 35.5. The van der Waals surface area contributed by atoms with Gasteiger partial charge < -0.3 is 4.74 Å². The van der Waals surface area contributed by atoms with Crippen LogP contribution < -0.4 is 0 Å². The van der Waals surface area contributed by atoms with Gasteiger partial charge in [-0.2, -0.15) is 4.98 Å². The Hall–Kier alpha value is -1.63. The van der Waals surface area contributed by atoms with Gasteiger partial charge in [0.25, 0.3) is 0 Å². The van der Waals surface area contributed by atoms with E-state index in [1.54, 1.807) is 18.1 Å². The third-order valence-corrected chi connectivity index (χ3v) is 5.19. The van der Waals surface area contributed by atoms with E-state index in [1.807, 2.05) is 29.0 Å². The molecule has 1 aliphatic heterocycles. The van der Waals surface area contributed by atoms with Crippen LogP contribution in [0.5, 0.6) is 0 Å². The normalized spacial score (nSPS) is 18.2. The number of aromatic nitrogens is 4. The average molecular weight is 361 g/mol. The zero-order chi connectivity index (χ0) is 16.5. The number of benzene rings is 1. The van der Waals surface area contributed by atoms with Crippen molar-refractivity contribution in [1.29, 1.82) is 0 Å². The summed E-state index contributed by atoms with van der Waals surface area (Å²) in [4.78, 5) is 14.6. The molecule has 1 fully saturated rings. The quantitative estimate of drug-likeness (QED) is 0.506. The Kier molecular flexibility index (Phi) is 4.43. The van der Waals surface area contributed by atoms with Crippen LogP contribution in [0, 0.1) is 0 Å². The van der Waals surface area contributed by atoms with Crippen LogP contribution in [0.1, 0.15) is 25.5 Å². The number of hydrogen-bond donors (Lipinski definition) is 0. The Morgan fingerprint density at radius 2 is 2.12 bits per heavy atom. The Morgan fingerprint density at radius 1 is 1.25 bits per heavy atom. The molecule has 3 aromatic rings. The molecule has 4 rings (SSSR count). The highest BCUT2D eigenvalue weighted by molar-refractivity contribution is 7.98. The maximum absolute atomic E-state index is 6.23. The smallest absolute Gasteiger partial charge is 0.225 e. The third kappa shape index (κ3) is 2.79. The molecule has 0 N–H and O–H groups in total. The minimum absolute atomic E-state index is 0.0293. The van der Waals surface area contributed by atoms with Crippen LogP contribution in [-0.2, 0) is 4.74 Å². The molecule has 0 radical (unpaired) electrons. The summed E-state index contributed by atoms with van der Waals surface area (Å²) in [5.74, 6) is 0. The topological polar surface area (TPSA) is 52.8 Å². The standard InChI is InChI=1S/C17H17ClN4OS/c1-24-12-7-3-2-6-11(12)14-15-16(21-17(18)20-14)22(10-19-15)13-8-4-5-9-23-13/h2-3,6-7,10,13H,4-5,8-9H2,1H3. The van der Waals surface area contributed by atoms with E-state index in [-0.39, 0.29) is 11.5 Å². The number of ether oxygens (including phenoxy) is 1. The van der Waals surface area contributed by atoms with E-state index < -0.39 is 0 Å². The van der Waals surface area contributed by atoms with Crippen LogP contribution in [0.15, 0.2) is 35.5 Å². The predicted molar refractivity (Wildman–Crippen MR) is 96.4 cm³/mol. The molecule has 0 saturated carbocycles. The average Bonchev–Trinajstić information content (AvgIpc) is 3.05. The minimum atomic E-state index is -0.0293. The maximum atomic E-state index is 6.23. The Labute approximate surface area is 149 Å². The first-order chi connectivity index (χ1) is 11.8. The van der Waals surface area contributed by atoms with Gasteiger partial charge in [0, 0.05) is 17.1 Å². The number of thioether (sulfide) groups is 1. The number of hydrogen-bond acceptors (Lipinski definition) is 5. The van der Waals surface area contributed by atoms with Gasteiger partial charge in [0.15, 0.2) is 5.65 Å². The van der Waals surface area contributed by atoms with Crippen molar-refractivity contribution in [2.24, 2.45) is 0 Å². The van der Waals surface area contributed by atoms with Crippen molar-refractivity contribution in [2.75, 3.05) is 12.9 Å². The van der Waals surface area contributed by atoms with Gasteiger partial charge in [-0.05, 0) is 43.2 Å². The second-order valence-corrected chi connectivity index (χ2v) is 6.87. The molecular weight excluding hydrogens is 344 g/mol. The lowest BCUT2D eigenvalue weighted by Gasteiger charge is -2.23. The Morgan fingerprint density at radius 3 is 2.92 bits per heavy atom. The van der Waals surface area contributed by atoms with Crippen molar-refractivity contribution >= 4 is 34.5 Å². The maximum Gasteiger partial charge on any atom is 0.225 e. The molecule has 3 heterocycles. The summed E-state index contributed by atoms with van der Waals surface area (Å²) in [6.45, 7) is 0.769. The van der Waals surface area contributed by atoms with Crippen molar-refractivity contribution < 1.29 is 4.74 Å². The second kappa shape index (κ2) is 6.70. The summed E-state index contributed by atoms with van der Waals surface area (Å²) in [6, 6.07) is 8.13. The molecule has 1 saturated heterocycles. The molecule has 0 amide bonds. The SMILES string of the molecule is CSc1ccccc1-c1nc(Cl)nc2c1ncn2C1CCCCO1. The van der Waals surface area contributed by atoms with E-state index in [4.69, 9.17) is 16.3 Å². The molecule has 124 valence electrons. The lowest BCUT2D eigenvalue weighted by Crippen LogP contribution is -2.17. The number of fused-ring (bicyclic) bond motifs is 1. The summed E-state index contributed by atoms with van der Waals surface area (Å²) >= 11 is 7.90. The van der Waals surface area contributed by atoms with Gasteiger partial charge in [0.2, 0.25) is 5.28 Å². The number of nitrogens with zero attached hydrogens (tertiary/aromatic N) is 4. The van der Waals surface area contributed by atoms with Crippen LogP contribution in [0.2, 0.25) is 5.28 Å². The van der Waals surface area contributed by atoms with Crippen molar-refractivity contribution in [3.05, 3.63) is 35.9 Å². The minimum Gasteiger partial charge on any atom is -0.358 e. The lowest BCUT2D eigenvalue weighted by molar-refractivity contribution is -0.0298. The van der Waals surface area contributed by atoms with E-state index in [0.29, 0.717) is 0 Å². The number of halogens is 1. The Bertz CT molecular complexity index is 876. The summed E-state index contributed by atoms with van der Waals surface area (Å²) in [6.07, 6.45) is 7.02. The fourth-order valence-electron chi connectivity index (χ4n) is 3.07. The van der Waals surface area contributed by atoms with E-state index in [2.05, 4.69) is 21.0 Å². The molecule has 1 aliphatic rings. The van der Waals surface area contributed by atoms with E-state index in [9.17, 15) is 0 Å². The molecule has 1 aromatic carbocycles. The first-order valence-electron chi connectivity index (χ1n) is 7.93. The van der Waals surface area contributed by atoms with Crippen LogP contribution in [0.4, 0.5) is 0 Å². The molecule has 24 heavy (non-hydrogen) atoms. The van der Waals surface area contributed by atoms with Gasteiger partial charge in [-0.1, -0.05) is 18.2 Å². The predicted octanol–water partition coefficient (Wildman–Crippen LogP) is 4.57. The molecule has 5 nitrogen and oxygen atoms in total. The first kappa shape index (κ1) is 15.9. The van der Waals surface area contributed by atoms with Crippen LogP contribution >= 0.6 is 23.4 Å². The van der Waals surface area contributed by atoms with Crippen LogP contribution in [0.3, 0.4) is 0 Å². The van der Waals surface area contributed by atoms with Crippen molar-refractivity contribution in [2.45, 2.75) is 30.4 Å². The van der Waals surface area contributed by atoms with E-state index in [1.165, 1.54) is 0 Å². The largest absolute Gasteiger partial charge is 0.358 e. The Balaban J connectivity index is 1.89. The van der Waals surface area contributed by atoms with E-state index in [0.717, 1.165) is 53.2 Å². The fourth-order valence-corrected chi connectivity index (χ4v) is 3.84. The molecule has 0 aliphatic carbocycles. The summed E-state index contributed by atoms with van der Waals surface area (Å²) in [7, 11) is 0. The zero-order valence-corrected chi connectivity index (χ0v) is 14.8. The summed E-state index contributed by atoms with van der Waals surface area (Å²) < 4.78 is 7.86. The van der Waals surface area contributed by atoms with Gasteiger partial charge >= 0.3 is 0 Å². The first-order valence-corrected chi connectivity index (χ1v) is 9.53. The zero-order valence-electron chi connectivity index (χ0n) is 13.3. The lowest BCUT2D eigenvalue weighted by atomic mass is 10.1. The van der Waals surface area contributed by atoms with Crippen LogP contribution in [0.25, 0.3) is 22.4 Å². The number of rotatable bonds is 3. The highest BCUT2D eigenvalue weighted by Crippen LogP contribution is 2.34. The van der Waals surface area contributed by atoms with Crippen molar-refractivity contribution in [3.63, 3.8) is 0 Å². The molecule has 0 bridgehead atoms. The van der Waals surface area contributed by atoms with Gasteiger partial charge in [0.05, 0.1) is 6.33 Å².